The Hall–Kier alpha value is -2.77. The number of carbonyl (C=O) groups is 1. The Morgan fingerprint density at radius 2 is 2.21 bits per heavy atom. The molecule has 8 nitrogen and oxygen atoms in total. The van der Waals surface area contributed by atoms with Crippen LogP contribution in [0.15, 0.2) is 17.1 Å². The predicted molar refractivity (Wildman–Crippen MR) is 65.0 cm³/mol. The highest BCUT2D eigenvalue weighted by Gasteiger charge is 2.21. The second kappa shape index (κ2) is 3.87. The lowest BCUT2D eigenvalue weighted by Crippen LogP contribution is -2.11. The van der Waals surface area contributed by atoms with Crippen LogP contribution in [0.1, 0.15) is 16.1 Å². The number of nitrogens with zero attached hydrogens (tertiary/aromatic N) is 4. The van der Waals surface area contributed by atoms with Crippen molar-refractivity contribution in [3.05, 3.63) is 33.9 Å². The summed E-state index contributed by atoms with van der Waals surface area (Å²) in [6.45, 7) is 1.67. The number of ether oxygens (including phenoxy) is 1. The summed E-state index contributed by atoms with van der Waals surface area (Å²) in [5.41, 5.74) is 1.26. The van der Waals surface area contributed by atoms with Gasteiger partial charge in [0, 0.05) is 6.20 Å². The highest BCUT2D eigenvalue weighted by atomic mass is 16.5. The fourth-order valence-electron chi connectivity index (χ4n) is 1.94. The summed E-state index contributed by atoms with van der Waals surface area (Å²) in [6, 6.07) is 1.64. The molecule has 0 aromatic carbocycles. The maximum atomic E-state index is 11.7. The van der Waals surface area contributed by atoms with Crippen LogP contribution in [0.3, 0.4) is 0 Å². The van der Waals surface area contributed by atoms with Gasteiger partial charge in [-0.2, -0.15) is 5.10 Å². The second-order valence-corrected chi connectivity index (χ2v) is 3.93. The van der Waals surface area contributed by atoms with E-state index in [0.29, 0.717) is 11.2 Å². The van der Waals surface area contributed by atoms with Gasteiger partial charge in [-0.1, -0.05) is 0 Å². The first-order valence-electron chi connectivity index (χ1n) is 5.45. The van der Waals surface area contributed by atoms with Crippen LogP contribution < -0.4 is 5.56 Å². The average molecular weight is 259 g/mol. The standard InChI is InChI=1S/C11H9N5O3/c1-5-7(11(18)19-2)9-14-13-8-6(16(9)15-5)3-4-12-10(8)17/h3-4H,1-2H3,(H,12,17). The lowest BCUT2D eigenvalue weighted by atomic mass is 10.2. The molecule has 0 saturated carbocycles. The number of H-pyrrole nitrogens is 1. The molecule has 0 bridgehead atoms. The molecule has 0 saturated heterocycles. The van der Waals surface area contributed by atoms with Gasteiger partial charge in [-0.25, -0.2) is 9.31 Å². The molecule has 3 heterocycles. The molecule has 3 rings (SSSR count). The SMILES string of the molecule is COC(=O)c1c(C)nn2c1nnc1c(=O)[nH]ccc12. The van der Waals surface area contributed by atoms with Crippen molar-refractivity contribution in [2.75, 3.05) is 7.11 Å². The quantitative estimate of drug-likeness (QED) is 0.620. The zero-order valence-corrected chi connectivity index (χ0v) is 10.2. The van der Waals surface area contributed by atoms with Gasteiger partial charge in [0.25, 0.3) is 5.56 Å². The first kappa shape index (κ1) is 11.3. The number of methoxy groups -OCH3 is 1. The predicted octanol–water partition coefficient (Wildman–Crippen LogP) is 0.0608. The molecule has 0 amide bonds. The smallest absolute Gasteiger partial charge is 0.343 e. The van der Waals surface area contributed by atoms with Crippen LogP contribution in [0.5, 0.6) is 0 Å². The summed E-state index contributed by atoms with van der Waals surface area (Å²) < 4.78 is 6.11. The Morgan fingerprint density at radius 3 is 2.95 bits per heavy atom. The van der Waals surface area contributed by atoms with Gasteiger partial charge in [0.15, 0.2) is 11.2 Å². The number of rotatable bonds is 1. The largest absolute Gasteiger partial charge is 0.465 e. The first-order valence-corrected chi connectivity index (χ1v) is 5.45. The fourth-order valence-corrected chi connectivity index (χ4v) is 1.94. The van der Waals surface area contributed by atoms with E-state index in [1.54, 1.807) is 13.0 Å². The van der Waals surface area contributed by atoms with Gasteiger partial charge in [0.2, 0.25) is 0 Å². The van der Waals surface area contributed by atoms with Crippen molar-refractivity contribution in [3.8, 4) is 0 Å². The van der Waals surface area contributed by atoms with E-state index in [2.05, 4.69) is 20.3 Å². The van der Waals surface area contributed by atoms with E-state index in [1.165, 1.54) is 17.8 Å². The molecule has 96 valence electrons. The van der Waals surface area contributed by atoms with Crippen molar-refractivity contribution in [2.24, 2.45) is 0 Å². The van der Waals surface area contributed by atoms with Gasteiger partial charge in [-0.3, -0.25) is 4.79 Å². The third kappa shape index (κ3) is 1.49. The maximum absolute atomic E-state index is 11.7. The highest BCUT2D eigenvalue weighted by Crippen LogP contribution is 2.16. The molecule has 0 unspecified atom stereocenters. The lowest BCUT2D eigenvalue weighted by molar-refractivity contribution is 0.0602. The van der Waals surface area contributed by atoms with Crippen LogP contribution in [0, 0.1) is 6.92 Å². The van der Waals surface area contributed by atoms with E-state index in [-0.39, 0.29) is 22.3 Å². The summed E-state index contributed by atoms with van der Waals surface area (Å²) in [7, 11) is 1.28. The number of hydrogen-bond acceptors (Lipinski definition) is 6. The number of aromatic amines is 1. The Balaban J connectivity index is 2.49. The first-order chi connectivity index (χ1) is 9.13. The zero-order chi connectivity index (χ0) is 13.6. The van der Waals surface area contributed by atoms with Crippen LogP contribution in [0.2, 0.25) is 0 Å². The van der Waals surface area contributed by atoms with E-state index >= 15 is 0 Å². The normalized spacial score (nSPS) is 11.1. The van der Waals surface area contributed by atoms with Crippen molar-refractivity contribution in [1.82, 2.24) is 24.8 Å². The van der Waals surface area contributed by atoms with Crippen LogP contribution in [-0.2, 0) is 4.74 Å². The van der Waals surface area contributed by atoms with Gasteiger partial charge in [-0.15, -0.1) is 10.2 Å². The second-order valence-electron chi connectivity index (χ2n) is 3.93. The van der Waals surface area contributed by atoms with Gasteiger partial charge in [0.1, 0.15) is 11.1 Å². The molecular formula is C11H9N5O3. The summed E-state index contributed by atoms with van der Waals surface area (Å²) in [5, 5.41) is 11.9. The van der Waals surface area contributed by atoms with Gasteiger partial charge in [0.05, 0.1) is 12.8 Å². The Bertz CT molecular complexity index is 864. The van der Waals surface area contributed by atoms with E-state index in [1.807, 2.05) is 0 Å². The third-order valence-corrected chi connectivity index (χ3v) is 2.81. The van der Waals surface area contributed by atoms with Crippen molar-refractivity contribution < 1.29 is 9.53 Å². The van der Waals surface area contributed by atoms with Crippen LogP contribution in [0.25, 0.3) is 16.7 Å². The summed E-state index contributed by atoms with van der Waals surface area (Å²) in [4.78, 5) is 25.8. The van der Waals surface area contributed by atoms with Crippen molar-refractivity contribution >= 4 is 22.6 Å². The molecule has 0 aliphatic rings. The van der Waals surface area contributed by atoms with E-state index < -0.39 is 5.97 Å². The molecule has 8 heteroatoms. The van der Waals surface area contributed by atoms with Crippen LogP contribution in [-0.4, -0.2) is 37.9 Å². The van der Waals surface area contributed by atoms with Gasteiger partial charge >= 0.3 is 5.97 Å². The molecule has 0 aliphatic carbocycles. The molecule has 3 aromatic rings. The number of fused-ring (bicyclic) bond motifs is 3. The zero-order valence-electron chi connectivity index (χ0n) is 10.2. The number of hydrogen-bond donors (Lipinski definition) is 1. The van der Waals surface area contributed by atoms with Crippen LogP contribution in [0.4, 0.5) is 0 Å². The number of aromatic nitrogens is 5. The number of aryl methyl sites for hydroxylation is 1. The third-order valence-electron chi connectivity index (χ3n) is 2.81. The molecular weight excluding hydrogens is 250 g/mol. The number of pyridine rings is 1. The number of nitrogens with one attached hydrogen (secondary N) is 1. The minimum absolute atomic E-state index is 0.161. The maximum Gasteiger partial charge on any atom is 0.343 e. The highest BCUT2D eigenvalue weighted by molar-refractivity contribution is 5.97. The van der Waals surface area contributed by atoms with Crippen LogP contribution >= 0.6 is 0 Å². The summed E-state index contributed by atoms with van der Waals surface area (Å²) >= 11 is 0. The fraction of sp³-hybridized carbons (Fsp3) is 0.182. The monoisotopic (exact) mass is 259 g/mol. The van der Waals surface area contributed by atoms with E-state index in [9.17, 15) is 9.59 Å². The molecule has 0 atom stereocenters. The van der Waals surface area contributed by atoms with Crippen molar-refractivity contribution in [1.29, 1.82) is 0 Å². The Morgan fingerprint density at radius 1 is 1.42 bits per heavy atom. The molecule has 0 radical (unpaired) electrons. The number of esters is 1. The topological polar surface area (TPSA) is 102 Å². The van der Waals surface area contributed by atoms with Gasteiger partial charge in [-0.05, 0) is 13.0 Å². The van der Waals surface area contributed by atoms with E-state index in [0.717, 1.165) is 0 Å². The molecule has 3 aromatic heterocycles. The molecule has 0 fully saturated rings. The Labute approximate surface area is 106 Å². The molecule has 0 aliphatic heterocycles. The minimum Gasteiger partial charge on any atom is -0.465 e. The lowest BCUT2D eigenvalue weighted by Gasteiger charge is -1.99. The Kier molecular flexibility index (Phi) is 2.31. The summed E-state index contributed by atoms with van der Waals surface area (Å²) in [5.74, 6) is -0.536. The molecule has 0 spiro atoms. The summed E-state index contributed by atoms with van der Waals surface area (Å²) in [6.07, 6.45) is 1.49. The van der Waals surface area contributed by atoms with Crippen molar-refractivity contribution in [3.63, 3.8) is 0 Å². The average Bonchev–Trinajstić information content (AvgIpc) is 2.75. The van der Waals surface area contributed by atoms with Crippen molar-refractivity contribution in [2.45, 2.75) is 6.92 Å². The van der Waals surface area contributed by atoms with E-state index in [4.69, 9.17) is 4.74 Å². The number of carbonyl (C=O) groups excluding carboxylic acids is 1. The van der Waals surface area contributed by atoms with Gasteiger partial charge < -0.3 is 9.72 Å². The molecule has 19 heavy (non-hydrogen) atoms. The minimum atomic E-state index is -0.536. The molecule has 1 N–H and O–H groups in total.